The number of para-hydroxylation sites is 1. The number of fused-ring (bicyclic) bond motifs is 1. The molecule has 0 spiro atoms. The summed E-state index contributed by atoms with van der Waals surface area (Å²) in [6.07, 6.45) is 1.66. The third-order valence-electron chi connectivity index (χ3n) is 3.62. The molecular weight excluding hydrogens is 310 g/mol. The van der Waals surface area contributed by atoms with E-state index in [1.165, 1.54) is 4.79 Å². The van der Waals surface area contributed by atoms with Gasteiger partial charge in [-0.05, 0) is 19.1 Å². The Kier molecular flexibility index (Phi) is 4.64. The number of nitrogens with zero attached hydrogens (tertiary/aromatic N) is 3. The molecule has 8 nitrogen and oxygen atoms in total. The van der Waals surface area contributed by atoms with Crippen molar-refractivity contribution in [1.82, 2.24) is 20.1 Å². The molecule has 0 radical (unpaired) electrons. The normalized spacial score (nSPS) is 12.6. The van der Waals surface area contributed by atoms with Gasteiger partial charge in [-0.1, -0.05) is 18.2 Å². The van der Waals surface area contributed by atoms with E-state index >= 15 is 0 Å². The Morgan fingerprint density at radius 2 is 2.04 bits per heavy atom. The molecule has 1 aromatic heterocycles. The smallest absolute Gasteiger partial charge is 0.318 e. The van der Waals surface area contributed by atoms with Crippen LogP contribution in [0.5, 0.6) is 5.75 Å². The number of urea groups is 1. The number of carbonyl (C=O) groups is 2. The molecule has 1 aromatic carbocycles. The minimum absolute atomic E-state index is 0.112. The van der Waals surface area contributed by atoms with Crippen molar-refractivity contribution in [1.29, 1.82) is 0 Å². The van der Waals surface area contributed by atoms with Crippen LogP contribution >= 0.6 is 0 Å². The fraction of sp³-hybridized carbons (Fsp3) is 0.312. The molecule has 126 valence electrons. The maximum Gasteiger partial charge on any atom is 0.318 e. The second-order valence-electron chi connectivity index (χ2n) is 5.36. The van der Waals surface area contributed by atoms with E-state index in [9.17, 15) is 9.59 Å². The number of hydrogen-bond acceptors (Lipinski definition) is 4. The van der Waals surface area contributed by atoms with Crippen molar-refractivity contribution in [2.45, 2.75) is 20.0 Å². The number of ether oxygens (including phenoxy) is 1. The van der Waals surface area contributed by atoms with Gasteiger partial charge in [0.05, 0.1) is 25.0 Å². The number of carbonyl (C=O) groups excluding carboxylic acids is 2. The average molecular weight is 329 g/mol. The minimum atomic E-state index is -0.318. The zero-order chi connectivity index (χ0) is 16.9. The fourth-order valence-electron chi connectivity index (χ4n) is 2.47. The van der Waals surface area contributed by atoms with Gasteiger partial charge in [0, 0.05) is 12.1 Å². The highest BCUT2D eigenvalue weighted by molar-refractivity contribution is 5.85. The van der Waals surface area contributed by atoms with Crippen molar-refractivity contribution in [3.8, 4) is 5.75 Å². The lowest BCUT2D eigenvalue weighted by molar-refractivity contribution is -0.119. The van der Waals surface area contributed by atoms with Gasteiger partial charge in [0.1, 0.15) is 5.75 Å². The van der Waals surface area contributed by atoms with Crippen molar-refractivity contribution >= 4 is 11.9 Å². The quantitative estimate of drug-likeness (QED) is 0.859. The van der Waals surface area contributed by atoms with E-state index in [-0.39, 0.29) is 18.5 Å². The molecule has 1 aliphatic rings. The third kappa shape index (κ3) is 3.48. The Morgan fingerprint density at radius 3 is 2.79 bits per heavy atom. The summed E-state index contributed by atoms with van der Waals surface area (Å²) in [5.41, 5.74) is 4.39. The Bertz CT molecular complexity index is 729. The van der Waals surface area contributed by atoms with Gasteiger partial charge in [-0.3, -0.25) is 4.79 Å². The Hall–Kier alpha value is -3.03. The van der Waals surface area contributed by atoms with Crippen LogP contribution in [0.1, 0.15) is 18.2 Å². The highest BCUT2D eigenvalue weighted by Gasteiger charge is 2.27. The van der Waals surface area contributed by atoms with Crippen LogP contribution < -0.4 is 15.5 Å². The van der Waals surface area contributed by atoms with Crippen LogP contribution in [0.2, 0.25) is 0 Å². The zero-order valence-corrected chi connectivity index (χ0v) is 13.4. The van der Waals surface area contributed by atoms with Crippen molar-refractivity contribution in [3.05, 3.63) is 47.8 Å². The van der Waals surface area contributed by atoms with Crippen LogP contribution in [0.3, 0.4) is 0 Å². The summed E-state index contributed by atoms with van der Waals surface area (Å²) in [6.45, 7) is 3.22. The molecule has 0 aliphatic carbocycles. The molecule has 0 bridgehead atoms. The molecule has 3 rings (SSSR count). The standard InChI is InChI=1S/C16H19N5O3/c1-2-17-16(23)20-9-12-8-18-21(14(12)10-20)19-15(22)11-24-13-6-4-3-5-7-13/h3-8H,2,9-11H2,1H3,(H,17,23)(H,19,22). The van der Waals surface area contributed by atoms with E-state index in [0.717, 1.165) is 11.3 Å². The van der Waals surface area contributed by atoms with Gasteiger partial charge in [-0.25, -0.2) is 10.2 Å². The van der Waals surface area contributed by atoms with Gasteiger partial charge in [0.15, 0.2) is 6.61 Å². The predicted molar refractivity (Wildman–Crippen MR) is 86.9 cm³/mol. The van der Waals surface area contributed by atoms with Crippen LogP contribution in [0.15, 0.2) is 36.5 Å². The largest absolute Gasteiger partial charge is 0.484 e. The van der Waals surface area contributed by atoms with Crippen molar-refractivity contribution in [2.75, 3.05) is 18.6 Å². The summed E-state index contributed by atoms with van der Waals surface area (Å²) < 4.78 is 5.40. The lowest BCUT2D eigenvalue weighted by Gasteiger charge is -2.16. The molecule has 1 aliphatic heterocycles. The SMILES string of the molecule is CCNC(=O)N1Cc2cnn(NC(=O)COc3ccccc3)c2C1. The van der Waals surface area contributed by atoms with Crippen molar-refractivity contribution < 1.29 is 14.3 Å². The monoisotopic (exact) mass is 329 g/mol. The molecule has 0 unspecified atom stereocenters. The summed E-state index contributed by atoms with van der Waals surface area (Å²) in [7, 11) is 0. The molecule has 8 heteroatoms. The molecule has 0 atom stereocenters. The van der Waals surface area contributed by atoms with Gasteiger partial charge in [-0.2, -0.15) is 9.89 Å². The highest BCUT2D eigenvalue weighted by atomic mass is 16.5. The molecule has 0 fully saturated rings. The number of rotatable bonds is 5. The summed E-state index contributed by atoms with van der Waals surface area (Å²) in [5, 5.41) is 6.90. The third-order valence-corrected chi connectivity index (χ3v) is 3.62. The Balaban J connectivity index is 1.56. The second-order valence-corrected chi connectivity index (χ2v) is 5.36. The van der Waals surface area contributed by atoms with E-state index in [1.54, 1.807) is 23.2 Å². The molecule has 0 saturated heterocycles. The highest BCUT2D eigenvalue weighted by Crippen LogP contribution is 2.21. The van der Waals surface area contributed by atoms with Crippen LogP contribution in [0.25, 0.3) is 0 Å². The summed E-state index contributed by atoms with van der Waals surface area (Å²) in [5.74, 6) is 0.307. The molecule has 0 saturated carbocycles. The van der Waals surface area contributed by atoms with Crippen LogP contribution in [0.4, 0.5) is 4.79 Å². The average Bonchev–Trinajstić information content (AvgIpc) is 3.16. The van der Waals surface area contributed by atoms with E-state index in [4.69, 9.17) is 4.74 Å². The first-order chi connectivity index (χ1) is 11.7. The van der Waals surface area contributed by atoms with Crippen molar-refractivity contribution in [3.63, 3.8) is 0 Å². The first-order valence-electron chi connectivity index (χ1n) is 7.73. The summed E-state index contributed by atoms with van der Waals surface area (Å²) in [6, 6.07) is 8.98. The van der Waals surface area contributed by atoms with Crippen LogP contribution in [-0.4, -0.2) is 39.9 Å². The van der Waals surface area contributed by atoms with Crippen LogP contribution in [0, 0.1) is 0 Å². The Labute approximate surface area is 139 Å². The molecule has 2 heterocycles. The molecule has 24 heavy (non-hydrogen) atoms. The number of benzene rings is 1. The van der Waals surface area contributed by atoms with Gasteiger partial charge in [0.25, 0.3) is 5.91 Å². The maximum atomic E-state index is 12.0. The number of amides is 3. The second kappa shape index (κ2) is 7.03. The summed E-state index contributed by atoms with van der Waals surface area (Å²) in [4.78, 5) is 27.0. The number of hydrogen-bond donors (Lipinski definition) is 2. The van der Waals surface area contributed by atoms with Crippen LogP contribution in [-0.2, 0) is 17.9 Å². The topological polar surface area (TPSA) is 88.5 Å². The zero-order valence-electron chi connectivity index (χ0n) is 13.4. The first-order valence-corrected chi connectivity index (χ1v) is 7.73. The van der Waals surface area contributed by atoms with Crippen molar-refractivity contribution in [2.24, 2.45) is 0 Å². The minimum Gasteiger partial charge on any atom is -0.484 e. The number of aromatic nitrogens is 2. The first kappa shape index (κ1) is 15.9. The van der Waals surface area contributed by atoms with E-state index < -0.39 is 0 Å². The van der Waals surface area contributed by atoms with E-state index in [0.29, 0.717) is 25.4 Å². The Morgan fingerprint density at radius 1 is 1.25 bits per heavy atom. The maximum absolute atomic E-state index is 12.0. The fourth-order valence-corrected chi connectivity index (χ4v) is 2.47. The van der Waals surface area contributed by atoms with Gasteiger partial charge >= 0.3 is 6.03 Å². The van der Waals surface area contributed by atoms with E-state index in [2.05, 4.69) is 15.8 Å². The number of nitrogens with one attached hydrogen (secondary N) is 2. The van der Waals surface area contributed by atoms with E-state index in [1.807, 2.05) is 25.1 Å². The molecule has 3 amide bonds. The summed E-state index contributed by atoms with van der Waals surface area (Å²) >= 11 is 0. The lowest BCUT2D eigenvalue weighted by Crippen LogP contribution is -2.37. The van der Waals surface area contributed by atoms with Gasteiger partial charge in [-0.15, -0.1) is 0 Å². The molecular formula is C16H19N5O3. The molecule has 2 aromatic rings. The lowest BCUT2D eigenvalue weighted by atomic mass is 10.3. The van der Waals surface area contributed by atoms with Gasteiger partial charge in [0.2, 0.25) is 0 Å². The van der Waals surface area contributed by atoms with Gasteiger partial charge < -0.3 is 15.0 Å². The molecule has 2 N–H and O–H groups in total. The predicted octanol–water partition coefficient (Wildman–Crippen LogP) is 1.08.